The van der Waals surface area contributed by atoms with Crippen LogP contribution in [0.1, 0.15) is 18.6 Å². The molecule has 0 aliphatic heterocycles. The molecule has 1 unspecified atom stereocenters. The van der Waals surface area contributed by atoms with Crippen molar-refractivity contribution >= 4 is 11.6 Å². The fourth-order valence-electron chi connectivity index (χ4n) is 1.35. The summed E-state index contributed by atoms with van der Waals surface area (Å²) in [7, 11) is 0. The Morgan fingerprint density at radius 3 is 2.47 bits per heavy atom. The Balaban J connectivity index is 2.31. The van der Waals surface area contributed by atoms with E-state index in [0.717, 1.165) is 11.3 Å². The van der Waals surface area contributed by atoms with Gasteiger partial charge in [-0.15, -0.1) is 0 Å². The number of hydrogen-bond acceptors (Lipinski definition) is 2. The molecule has 0 fully saturated rings. The van der Waals surface area contributed by atoms with Crippen molar-refractivity contribution in [3.8, 4) is 5.69 Å². The molecule has 0 radical (unpaired) electrons. The maximum Gasteiger partial charge on any atom is 0.0790 e. The van der Waals surface area contributed by atoms with Crippen molar-refractivity contribution in [2.75, 3.05) is 0 Å². The Bertz CT molecular complexity index is 448. The van der Waals surface area contributed by atoms with Crippen LogP contribution in [0.2, 0.25) is 5.02 Å². The minimum absolute atomic E-state index is 0.444. The van der Waals surface area contributed by atoms with Crippen molar-refractivity contribution in [2.45, 2.75) is 13.0 Å². The third-order valence-electron chi connectivity index (χ3n) is 2.19. The highest BCUT2D eigenvalue weighted by atomic mass is 35.5. The molecule has 1 aromatic heterocycles. The Labute approximate surface area is 92.9 Å². The second kappa shape index (κ2) is 4.04. The van der Waals surface area contributed by atoms with Gasteiger partial charge in [0.2, 0.25) is 0 Å². The molecule has 0 spiro atoms. The molecule has 0 amide bonds. The predicted octanol–water partition coefficient (Wildman–Crippen LogP) is 2.58. The molecule has 0 saturated heterocycles. The molecule has 78 valence electrons. The summed E-state index contributed by atoms with van der Waals surface area (Å²) in [5, 5.41) is 14.0. The summed E-state index contributed by atoms with van der Waals surface area (Å²) >= 11 is 5.77. The topological polar surface area (TPSA) is 38.0 Å². The van der Waals surface area contributed by atoms with Crippen LogP contribution in [0.15, 0.2) is 36.7 Å². The first kappa shape index (κ1) is 10.2. The summed E-state index contributed by atoms with van der Waals surface area (Å²) in [6, 6.07) is 7.53. The van der Waals surface area contributed by atoms with Crippen LogP contribution in [0.4, 0.5) is 0 Å². The van der Waals surface area contributed by atoms with E-state index in [4.69, 9.17) is 11.6 Å². The van der Waals surface area contributed by atoms with E-state index in [1.165, 1.54) is 0 Å². The molecular formula is C11H11ClN2O. The van der Waals surface area contributed by atoms with Crippen LogP contribution in [0.5, 0.6) is 0 Å². The second-order valence-electron chi connectivity index (χ2n) is 3.37. The second-order valence-corrected chi connectivity index (χ2v) is 3.81. The highest BCUT2D eigenvalue weighted by molar-refractivity contribution is 6.30. The highest BCUT2D eigenvalue weighted by Crippen LogP contribution is 2.16. The van der Waals surface area contributed by atoms with E-state index in [1.807, 2.05) is 24.3 Å². The smallest absolute Gasteiger partial charge is 0.0790 e. The van der Waals surface area contributed by atoms with E-state index in [9.17, 15) is 5.11 Å². The number of halogens is 1. The lowest BCUT2D eigenvalue weighted by atomic mass is 10.1. The Kier molecular flexibility index (Phi) is 2.75. The molecule has 1 heterocycles. The number of benzene rings is 1. The van der Waals surface area contributed by atoms with Crippen LogP contribution in [0.3, 0.4) is 0 Å². The Morgan fingerprint density at radius 1 is 1.33 bits per heavy atom. The van der Waals surface area contributed by atoms with E-state index in [0.29, 0.717) is 5.02 Å². The zero-order valence-electron chi connectivity index (χ0n) is 8.26. The molecule has 15 heavy (non-hydrogen) atoms. The van der Waals surface area contributed by atoms with Crippen LogP contribution in [0, 0.1) is 0 Å². The van der Waals surface area contributed by atoms with Crippen LogP contribution in [-0.4, -0.2) is 14.9 Å². The van der Waals surface area contributed by atoms with Gasteiger partial charge < -0.3 is 5.11 Å². The summed E-state index contributed by atoms with van der Waals surface area (Å²) < 4.78 is 1.69. The number of aliphatic hydroxyl groups excluding tert-OH is 1. The molecule has 1 aromatic carbocycles. The molecule has 2 rings (SSSR count). The van der Waals surface area contributed by atoms with Gasteiger partial charge >= 0.3 is 0 Å². The average molecular weight is 223 g/mol. The Morgan fingerprint density at radius 2 is 2.00 bits per heavy atom. The lowest BCUT2D eigenvalue weighted by molar-refractivity contribution is 0.199. The van der Waals surface area contributed by atoms with Crippen molar-refractivity contribution in [1.82, 2.24) is 9.78 Å². The van der Waals surface area contributed by atoms with E-state index >= 15 is 0 Å². The fourth-order valence-corrected chi connectivity index (χ4v) is 1.48. The van der Waals surface area contributed by atoms with Gasteiger partial charge in [-0.2, -0.15) is 5.10 Å². The quantitative estimate of drug-likeness (QED) is 0.848. The summed E-state index contributed by atoms with van der Waals surface area (Å²) in [5.41, 5.74) is 1.81. The molecule has 0 bridgehead atoms. The summed E-state index contributed by atoms with van der Waals surface area (Å²) in [6.07, 6.45) is 2.88. The standard InChI is InChI=1S/C11H11ClN2O/c1-8(15)9-2-4-11(5-3-9)14-7-10(12)6-13-14/h2-8,15H,1H3. The first-order chi connectivity index (χ1) is 7.16. The van der Waals surface area contributed by atoms with Crippen molar-refractivity contribution in [1.29, 1.82) is 0 Å². The molecule has 4 heteroatoms. The number of aromatic nitrogens is 2. The highest BCUT2D eigenvalue weighted by Gasteiger charge is 2.02. The average Bonchev–Trinajstić information content (AvgIpc) is 2.65. The van der Waals surface area contributed by atoms with Gasteiger partial charge in [0.15, 0.2) is 0 Å². The SMILES string of the molecule is CC(O)c1ccc(-n2cc(Cl)cn2)cc1. The third kappa shape index (κ3) is 2.19. The number of hydrogen-bond donors (Lipinski definition) is 1. The molecule has 3 nitrogen and oxygen atoms in total. The zero-order chi connectivity index (χ0) is 10.8. The van der Waals surface area contributed by atoms with Gasteiger partial charge in [0.1, 0.15) is 0 Å². The summed E-state index contributed by atoms with van der Waals surface area (Å²) in [6.45, 7) is 1.74. The third-order valence-corrected chi connectivity index (χ3v) is 2.39. The molecule has 1 atom stereocenters. The summed E-state index contributed by atoms with van der Waals surface area (Å²) in [5.74, 6) is 0. The van der Waals surface area contributed by atoms with Crippen LogP contribution >= 0.6 is 11.6 Å². The van der Waals surface area contributed by atoms with E-state index < -0.39 is 6.10 Å². The van der Waals surface area contributed by atoms with Crippen molar-refractivity contribution in [3.05, 3.63) is 47.2 Å². The maximum absolute atomic E-state index is 9.35. The number of aliphatic hydroxyl groups is 1. The molecule has 0 aliphatic carbocycles. The molecule has 0 saturated carbocycles. The summed E-state index contributed by atoms with van der Waals surface area (Å²) in [4.78, 5) is 0. The predicted molar refractivity (Wildman–Crippen MR) is 59.2 cm³/mol. The van der Waals surface area contributed by atoms with Crippen LogP contribution < -0.4 is 0 Å². The fraction of sp³-hybridized carbons (Fsp3) is 0.182. The molecular weight excluding hydrogens is 212 g/mol. The minimum Gasteiger partial charge on any atom is -0.389 e. The number of rotatable bonds is 2. The monoisotopic (exact) mass is 222 g/mol. The van der Waals surface area contributed by atoms with Gasteiger partial charge in [0, 0.05) is 6.20 Å². The zero-order valence-corrected chi connectivity index (χ0v) is 9.02. The molecule has 1 N–H and O–H groups in total. The van der Waals surface area contributed by atoms with Gasteiger partial charge in [-0.3, -0.25) is 0 Å². The van der Waals surface area contributed by atoms with Crippen molar-refractivity contribution in [2.24, 2.45) is 0 Å². The first-order valence-electron chi connectivity index (χ1n) is 4.65. The maximum atomic E-state index is 9.35. The Hall–Kier alpha value is -1.32. The lowest BCUT2D eigenvalue weighted by Gasteiger charge is -2.05. The van der Waals surface area contributed by atoms with Crippen LogP contribution in [-0.2, 0) is 0 Å². The van der Waals surface area contributed by atoms with Crippen molar-refractivity contribution in [3.63, 3.8) is 0 Å². The normalized spacial score (nSPS) is 12.7. The molecule has 2 aromatic rings. The van der Waals surface area contributed by atoms with E-state index in [2.05, 4.69) is 5.10 Å². The van der Waals surface area contributed by atoms with E-state index in [-0.39, 0.29) is 0 Å². The van der Waals surface area contributed by atoms with Gasteiger partial charge in [-0.25, -0.2) is 4.68 Å². The lowest BCUT2D eigenvalue weighted by Crippen LogP contribution is -1.96. The van der Waals surface area contributed by atoms with Gasteiger partial charge in [0.05, 0.1) is 23.0 Å². The van der Waals surface area contributed by atoms with Crippen molar-refractivity contribution < 1.29 is 5.11 Å². The van der Waals surface area contributed by atoms with Gasteiger partial charge in [-0.05, 0) is 24.6 Å². The van der Waals surface area contributed by atoms with Crippen LogP contribution in [0.25, 0.3) is 5.69 Å². The van der Waals surface area contributed by atoms with Gasteiger partial charge in [-0.1, -0.05) is 23.7 Å². The largest absolute Gasteiger partial charge is 0.389 e. The van der Waals surface area contributed by atoms with Gasteiger partial charge in [0.25, 0.3) is 0 Å². The molecule has 0 aliphatic rings. The first-order valence-corrected chi connectivity index (χ1v) is 5.03. The minimum atomic E-state index is -0.444. The van der Waals surface area contributed by atoms with E-state index in [1.54, 1.807) is 24.0 Å². The number of nitrogens with zero attached hydrogens (tertiary/aromatic N) is 2.